The highest BCUT2D eigenvalue weighted by atomic mass is 16.6. The number of aryl methyl sites for hydroxylation is 1. The third-order valence-corrected chi connectivity index (χ3v) is 7.65. The van der Waals surface area contributed by atoms with Crippen molar-refractivity contribution in [1.82, 2.24) is 20.9 Å². The molecule has 4 amide bonds. The number of amides is 4. The maximum Gasteiger partial charge on any atom is 0.413 e. The lowest BCUT2D eigenvalue weighted by Crippen LogP contribution is -2.52. The van der Waals surface area contributed by atoms with Crippen LogP contribution in [-0.2, 0) is 32.2 Å². The number of carbonyl (C=O) groups is 4. The van der Waals surface area contributed by atoms with E-state index >= 15 is 0 Å². The number of benzene rings is 3. The third-order valence-electron chi connectivity index (χ3n) is 7.65. The first kappa shape index (κ1) is 34.7. The number of likely N-dealkylation sites (tertiary alicyclic amines) is 1. The van der Waals surface area contributed by atoms with Crippen molar-refractivity contribution in [3.8, 4) is 0 Å². The second-order valence-electron chi connectivity index (χ2n) is 12.7. The standard InChI is InChI=1S/C36H43N5O6/c1-23-10-9-13-28(18-23)29-19-30(41(21-29)35(45)47-36(3,4)5)33(43)39-24(2)32(42)38-20-25-14-16-27(17-15-25)31(37)40-34(44)46-22-26-11-7-6-8-12-26/h6-18,24,29-30H,19-22H2,1-5H3,(H,38,42)(H,39,43)(H2,37,40,44)/t24?,29-,30+/m0/s1. The summed E-state index contributed by atoms with van der Waals surface area (Å²) in [7, 11) is 0. The first-order valence-corrected chi connectivity index (χ1v) is 15.6. The van der Waals surface area contributed by atoms with Crippen LogP contribution < -0.4 is 16.0 Å². The maximum absolute atomic E-state index is 13.5. The molecule has 3 atom stereocenters. The maximum atomic E-state index is 13.5. The molecule has 1 aliphatic heterocycles. The van der Waals surface area contributed by atoms with Crippen LogP contribution in [0.25, 0.3) is 0 Å². The van der Waals surface area contributed by atoms with Crippen molar-refractivity contribution in [3.63, 3.8) is 0 Å². The largest absolute Gasteiger partial charge is 0.444 e. The summed E-state index contributed by atoms with van der Waals surface area (Å²) in [6, 6.07) is 22.4. The van der Waals surface area contributed by atoms with Gasteiger partial charge in [0.15, 0.2) is 0 Å². The van der Waals surface area contributed by atoms with Crippen molar-refractivity contribution < 1.29 is 28.7 Å². The van der Waals surface area contributed by atoms with Gasteiger partial charge >= 0.3 is 12.2 Å². The zero-order chi connectivity index (χ0) is 34.1. The molecule has 0 aliphatic carbocycles. The first-order chi connectivity index (χ1) is 22.3. The predicted molar refractivity (Wildman–Crippen MR) is 178 cm³/mol. The third kappa shape index (κ3) is 10.2. The van der Waals surface area contributed by atoms with Crippen LogP contribution in [0, 0.1) is 12.3 Å². The predicted octanol–water partition coefficient (Wildman–Crippen LogP) is 5.16. The van der Waals surface area contributed by atoms with Gasteiger partial charge in [0.25, 0.3) is 0 Å². The fourth-order valence-electron chi connectivity index (χ4n) is 5.21. The summed E-state index contributed by atoms with van der Waals surface area (Å²) in [5.41, 5.74) is 3.46. The van der Waals surface area contributed by atoms with Gasteiger partial charge in [0.2, 0.25) is 11.8 Å². The molecule has 47 heavy (non-hydrogen) atoms. The molecule has 0 radical (unpaired) electrons. The smallest absolute Gasteiger partial charge is 0.413 e. The highest BCUT2D eigenvalue weighted by molar-refractivity contribution is 6.04. The average Bonchev–Trinajstić information content (AvgIpc) is 3.49. The zero-order valence-corrected chi connectivity index (χ0v) is 27.5. The molecule has 1 heterocycles. The molecule has 1 unspecified atom stereocenters. The Morgan fingerprint density at radius 1 is 0.957 bits per heavy atom. The zero-order valence-electron chi connectivity index (χ0n) is 27.5. The summed E-state index contributed by atoms with van der Waals surface area (Å²) in [6.07, 6.45) is -0.895. The Morgan fingerprint density at radius 3 is 2.32 bits per heavy atom. The van der Waals surface area contributed by atoms with E-state index in [4.69, 9.17) is 14.9 Å². The Labute approximate surface area is 275 Å². The summed E-state index contributed by atoms with van der Waals surface area (Å²) in [4.78, 5) is 53.0. The fourth-order valence-corrected chi connectivity index (χ4v) is 5.21. The van der Waals surface area contributed by atoms with Gasteiger partial charge < -0.3 is 20.1 Å². The minimum absolute atomic E-state index is 0.0538. The molecule has 11 heteroatoms. The summed E-state index contributed by atoms with van der Waals surface area (Å²) >= 11 is 0. The molecule has 0 saturated carbocycles. The van der Waals surface area contributed by atoms with Gasteiger partial charge in [-0.25, -0.2) is 9.59 Å². The van der Waals surface area contributed by atoms with E-state index in [1.54, 1.807) is 52.0 Å². The van der Waals surface area contributed by atoms with Gasteiger partial charge in [-0.1, -0.05) is 84.4 Å². The van der Waals surface area contributed by atoms with E-state index in [1.165, 1.54) is 4.90 Å². The van der Waals surface area contributed by atoms with Crippen molar-refractivity contribution in [2.75, 3.05) is 6.54 Å². The molecule has 0 bridgehead atoms. The number of hydrogen-bond acceptors (Lipinski definition) is 7. The Balaban J connectivity index is 1.28. The molecule has 4 N–H and O–H groups in total. The average molecular weight is 642 g/mol. The van der Waals surface area contributed by atoms with E-state index in [0.29, 0.717) is 18.5 Å². The second kappa shape index (κ2) is 15.4. The lowest BCUT2D eigenvalue weighted by atomic mass is 9.95. The lowest BCUT2D eigenvalue weighted by molar-refractivity contribution is -0.131. The Kier molecular flexibility index (Phi) is 11.4. The van der Waals surface area contributed by atoms with Crippen LogP contribution >= 0.6 is 0 Å². The number of amidine groups is 1. The van der Waals surface area contributed by atoms with E-state index in [1.807, 2.05) is 55.5 Å². The fraction of sp³-hybridized carbons (Fsp3) is 0.361. The molecule has 1 saturated heterocycles. The van der Waals surface area contributed by atoms with Crippen LogP contribution in [0.15, 0.2) is 78.9 Å². The molecular weight excluding hydrogens is 598 g/mol. The summed E-state index contributed by atoms with van der Waals surface area (Å²) < 4.78 is 10.8. The van der Waals surface area contributed by atoms with Gasteiger partial charge in [-0.05, 0) is 57.7 Å². The SMILES string of the molecule is Cc1cccc([C@H]2C[C@H](C(=O)NC(C)C(=O)NCc3ccc(C(=N)NC(=O)OCc4ccccc4)cc3)N(C(=O)OC(C)(C)C)C2)c1. The van der Waals surface area contributed by atoms with Crippen LogP contribution in [0.4, 0.5) is 9.59 Å². The van der Waals surface area contributed by atoms with E-state index in [-0.39, 0.29) is 24.9 Å². The monoisotopic (exact) mass is 641 g/mol. The molecule has 3 aromatic rings. The topological polar surface area (TPSA) is 150 Å². The minimum atomic E-state index is -0.862. The summed E-state index contributed by atoms with van der Waals surface area (Å²) in [6.45, 7) is 9.52. The number of nitrogens with one attached hydrogen (secondary N) is 4. The molecule has 0 spiro atoms. The van der Waals surface area contributed by atoms with Gasteiger partial charge in [-0.3, -0.25) is 25.2 Å². The highest BCUT2D eigenvalue weighted by Crippen LogP contribution is 2.33. The Morgan fingerprint density at radius 2 is 1.66 bits per heavy atom. The van der Waals surface area contributed by atoms with Crippen LogP contribution in [0.1, 0.15) is 67.9 Å². The van der Waals surface area contributed by atoms with Crippen LogP contribution in [0.3, 0.4) is 0 Å². The molecule has 4 rings (SSSR count). The number of rotatable bonds is 9. The number of carbonyl (C=O) groups excluding carboxylic acids is 4. The molecule has 1 aliphatic rings. The summed E-state index contributed by atoms with van der Waals surface area (Å²) in [5, 5.41) is 16.2. The van der Waals surface area contributed by atoms with Gasteiger partial charge in [0, 0.05) is 24.6 Å². The van der Waals surface area contributed by atoms with Crippen molar-refractivity contribution in [2.45, 2.75) is 77.8 Å². The lowest BCUT2D eigenvalue weighted by Gasteiger charge is -2.28. The van der Waals surface area contributed by atoms with Crippen molar-refractivity contribution in [1.29, 1.82) is 5.41 Å². The molecular formula is C36H43N5O6. The number of hydrogen-bond donors (Lipinski definition) is 4. The van der Waals surface area contributed by atoms with Crippen molar-refractivity contribution in [3.05, 3.63) is 107 Å². The number of alkyl carbamates (subject to hydrolysis) is 1. The normalized spacial score (nSPS) is 16.5. The van der Waals surface area contributed by atoms with Gasteiger partial charge in [0.05, 0.1) is 0 Å². The molecule has 1 fully saturated rings. The van der Waals surface area contributed by atoms with Gasteiger partial charge in [-0.2, -0.15) is 0 Å². The van der Waals surface area contributed by atoms with E-state index in [2.05, 4.69) is 22.0 Å². The quantitative estimate of drug-likeness (QED) is 0.187. The molecule has 0 aromatic heterocycles. The molecule has 248 valence electrons. The Bertz CT molecular complexity index is 1590. The Hall–Kier alpha value is -5.19. The van der Waals surface area contributed by atoms with Gasteiger partial charge in [-0.15, -0.1) is 0 Å². The van der Waals surface area contributed by atoms with Crippen molar-refractivity contribution in [2.24, 2.45) is 0 Å². The second-order valence-corrected chi connectivity index (χ2v) is 12.7. The van der Waals surface area contributed by atoms with E-state index in [0.717, 1.165) is 22.3 Å². The number of nitrogens with zero attached hydrogens (tertiary/aromatic N) is 1. The first-order valence-electron chi connectivity index (χ1n) is 15.6. The van der Waals surface area contributed by atoms with Gasteiger partial charge in [0.1, 0.15) is 30.1 Å². The molecule has 3 aromatic carbocycles. The number of ether oxygens (including phenoxy) is 2. The summed E-state index contributed by atoms with van der Waals surface area (Å²) in [5.74, 6) is -0.991. The van der Waals surface area contributed by atoms with E-state index < -0.39 is 41.7 Å². The van der Waals surface area contributed by atoms with Crippen LogP contribution in [-0.4, -0.2) is 59.0 Å². The van der Waals surface area contributed by atoms with E-state index in [9.17, 15) is 19.2 Å². The van der Waals surface area contributed by atoms with Crippen LogP contribution in [0.2, 0.25) is 0 Å². The molecule has 11 nitrogen and oxygen atoms in total. The minimum Gasteiger partial charge on any atom is -0.444 e. The van der Waals surface area contributed by atoms with Crippen molar-refractivity contribution >= 4 is 29.8 Å². The van der Waals surface area contributed by atoms with Crippen LogP contribution in [0.5, 0.6) is 0 Å². The highest BCUT2D eigenvalue weighted by Gasteiger charge is 2.42.